The van der Waals surface area contributed by atoms with Crippen molar-refractivity contribution in [2.24, 2.45) is 5.92 Å². The monoisotopic (exact) mass is 443 g/mol. The quantitative estimate of drug-likeness (QED) is 0.541. The maximum Gasteiger partial charge on any atom is 0.131 e. The van der Waals surface area contributed by atoms with Crippen LogP contribution < -0.4 is 10.6 Å². The summed E-state index contributed by atoms with van der Waals surface area (Å²) in [5.41, 5.74) is 1.91. The molecular weight excluding hydrogens is 414 g/mol. The molecule has 5 heteroatoms. The molecule has 150 valence electrons. The van der Waals surface area contributed by atoms with Gasteiger partial charge < -0.3 is 15.0 Å². The number of nitrogens with zero attached hydrogens (tertiary/aromatic N) is 1. The zero-order valence-corrected chi connectivity index (χ0v) is 18.2. The molecule has 3 unspecified atom stereocenters. The van der Waals surface area contributed by atoms with E-state index in [9.17, 15) is 5.11 Å². The molecule has 0 saturated carbocycles. The molecule has 1 aliphatic heterocycles. The topological polar surface area (TPSA) is 49.2 Å². The highest BCUT2D eigenvalue weighted by atomic mass is 79.9. The minimum absolute atomic E-state index is 0.201. The Bertz CT molecular complexity index is 812. The molecule has 0 spiro atoms. The van der Waals surface area contributed by atoms with Gasteiger partial charge in [-0.3, -0.25) is 5.32 Å². The first-order valence-corrected chi connectivity index (χ1v) is 10.8. The molecule has 1 aromatic carbocycles. The van der Waals surface area contributed by atoms with Crippen LogP contribution in [0.3, 0.4) is 0 Å². The van der Waals surface area contributed by atoms with E-state index in [1.54, 1.807) is 0 Å². The summed E-state index contributed by atoms with van der Waals surface area (Å²) in [7, 11) is 0. The molecule has 0 amide bonds. The van der Waals surface area contributed by atoms with E-state index in [-0.39, 0.29) is 5.54 Å². The van der Waals surface area contributed by atoms with Crippen molar-refractivity contribution in [1.82, 2.24) is 15.2 Å². The third-order valence-electron chi connectivity index (χ3n) is 5.51. The zero-order valence-electron chi connectivity index (χ0n) is 16.6. The van der Waals surface area contributed by atoms with Gasteiger partial charge in [-0.1, -0.05) is 54.1 Å². The smallest absolute Gasteiger partial charge is 0.131 e. The van der Waals surface area contributed by atoms with E-state index in [1.807, 2.05) is 24.3 Å². The standard InChI is InChI=1S/C23H30BrN3O/c1-3-23(13-15-25-22(28)19-8-10-20(24)11-9-19)21-7-5-17-27(21)16-4-6-18(2)12-14-26-23/h4-5,7-12,14,16-18,22,25-26,28H,3,6,13,15H2,1-2H3/b14-12+,16-4+. The van der Waals surface area contributed by atoms with Crippen LogP contribution in [0, 0.1) is 5.92 Å². The second kappa shape index (κ2) is 9.59. The number of hydrogen-bond donors (Lipinski definition) is 3. The fourth-order valence-electron chi connectivity index (χ4n) is 3.69. The lowest BCUT2D eigenvalue weighted by Gasteiger charge is -2.35. The van der Waals surface area contributed by atoms with Crippen molar-refractivity contribution in [3.05, 3.63) is 76.7 Å². The second-order valence-corrected chi connectivity index (χ2v) is 8.41. The molecule has 1 aromatic heterocycles. The van der Waals surface area contributed by atoms with E-state index in [2.05, 4.69) is 87.9 Å². The van der Waals surface area contributed by atoms with Gasteiger partial charge in [0.05, 0.1) is 5.54 Å². The minimum Gasteiger partial charge on any atom is -0.380 e. The molecule has 0 fully saturated rings. The van der Waals surface area contributed by atoms with Gasteiger partial charge in [0.25, 0.3) is 0 Å². The first-order chi connectivity index (χ1) is 13.5. The van der Waals surface area contributed by atoms with Crippen molar-refractivity contribution in [1.29, 1.82) is 0 Å². The maximum absolute atomic E-state index is 10.5. The SMILES string of the molecule is CCC1(CCNC(O)c2ccc(Br)cc2)N/C=C/C(C)C/C=C/n2cccc21. The Balaban J connectivity index is 1.75. The summed E-state index contributed by atoms with van der Waals surface area (Å²) in [6.07, 6.45) is 13.0. The minimum atomic E-state index is -0.677. The molecular formula is C23H30BrN3O. The van der Waals surface area contributed by atoms with Crippen LogP contribution in [0.2, 0.25) is 0 Å². The Kier molecular flexibility index (Phi) is 7.16. The number of aliphatic hydroxyl groups excluding tert-OH is 1. The highest BCUT2D eigenvalue weighted by Gasteiger charge is 2.31. The summed E-state index contributed by atoms with van der Waals surface area (Å²) in [6, 6.07) is 12.0. The molecule has 2 heterocycles. The lowest BCUT2D eigenvalue weighted by molar-refractivity contribution is 0.133. The summed E-state index contributed by atoms with van der Waals surface area (Å²) in [6.45, 7) is 5.13. The molecule has 3 N–H and O–H groups in total. The first-order valence-electron chi connectivity index (χ1n) is 9.99. The number of fused-ring (bicyclic) bond motifs is 1. The number of halogens is 1. The van der Waals surface area contributed by atoms with Crippen LogP contribution in [0.5, 0.6) is 0 Å². The third kappa shape index (κ3) is 4.96. The predicted octanol–water partition coefficient (Wildman–Crippen LogP) is 5.14. The molecule has 4 nitrogen and oxygen atoms in total. The maximum atomic E-state index is 10.5. The van der Waals surface area contributed by atoms with Crippen LogP contribution in [0.15, 0.2) is 65.4 Å². The van der Waals surface area contributed by atoms with Gasteiger partial charge in [0.2, 0.25) is 0 Å². The summed E-state index contributed by atoms with van der Waals surface area (Å²) in [5.74, 6) is 0.493. The Morgan fingerprint density at radius 2 is 2.11 bits per heavy atom. The van der Waals surface area contributed by atoms with E-state index < -0.39 is 6.23 Å². The lowest BCUT2D eigenvalue weighted by Crippen LogP contribution is -2.43. The zero-order chi connectivity index (χ0) is 20.0. The van der Waals surface area contributed by atoms with Crippen molar-refractivity contribution in [2.45, 2.75) is 44.9 Å². The van der Waals surface area contributed by atoms with Crippen LogP contribution in [0.4, 0.5) is 0 Å². The Morgan fingerprint density at radius 3 is 2.86 bits per heavy atom. The Morgan fingerprint density at radius 1 is 1.32 bits per heavy atom. The second-order valence-electron chi connectivity index (χ2n) is 7.50. The van der Waals surface area contributed by atoms with Crippen molar-refractivity contribution < 1.29 is 5.11 Å². The fourth-order valence-corrected chi connectivity index (χ4v) is 3.95. The van der Waals surface area contributed by atoms with Gasteiger partial charge in [-0.05, 0) is 61.2 Å². The molecule has 28 heavy (non-hydrogen) atoms. The molecule has 0 saturated heterocycles. The highest BCUT2D eigenvalue weighted by Crippen LogP contribution is 2.30. The van der Waals surface area contributed by atoms with Crippen LogP contribution >= 0.6 is 15.9 Å². The average molecular weight is 444 g/mol. The lowest BCUT2D eigenvalue weighted by atomic mass is 9.87. The summed E-state index contributed by atoms with van der Waals surface area (Å²) in [4.78, 5) is 0. The number of aromatic nitrogens is 1. The van der Waals surface area contributed by atoms with E-state index in [1.165, 1.54) is 5.69 Å². The van der Waals surface area contributed by atoms with Crippen molar-refractivity contribution in [3.63, 3.8) is 0 Å². The van der Waals surface area contributed by atoms with Gasteiger partial charge in [-0.15, -0.1) is 0 Å². The number of allylic oxidation sites excluding steroid dienone is 2. The normalized spacial score (nSPS) is 25.4. The molecule has 0 radical (unpaired) electrons. The van der Waals surface area contributed by atoms with Gasteiger partial charge in [-0.2, -0.15) is 0 Å². The summed E-state index contributed by atoms with van der Waals surface area (Å²) < 4.78 is 3.22. The number of rotatable bonds is 6. The number of benzene rings is 1. The van der Waals surface area contributed by atoms with Gasteiger partial charge >= 0.3 is 0 Å². The van der Waals surface area contributed by atoms with Crippen LogP contribution in [0.1, 0.15) is 50.6 Å². The van der Waals surface area contributed by atoms with E-state index in [0.29, 0.717) is 12.5 Å². The summed E-state index contributed by atoms with van der Waals surface area (Å²) in [5, 5.41) is 17.4. The van der Waals surface area contributed by atoms with Crippen LogP contribution in [-0.2, 0) is 5.54 Å². The molecule has 0 aliphatic carbocycles. The number of nitrogens with one attached hydrogen (secondary N) is 2. The molecule has 3 rings (SSSR count). The third-order valence-corrected chi connectivity index (χ3v) is 6.03. The van der Waals surface area contributed by atoms with Gasteiger partial charge in [-0.25, -0.2) is 0 Å². The molecule has 2 aromatic rings. The first kappa shape index (κ1) is 20.9. The van der Waals surface area contributed by atoms with E-state index >= 15 is 0 Å². The molecule has 3 atom stereocenters. The van der Waals surface area contributed by atoms with E-state index in [0.717, 1.165) is 29.3 Å². The number of hydrogen-bond acceptors (Lipinski definition) is 3. The van der Waals surface area contributed by atoms with Crippen LogP contribution in [0.25, 0.3) is 6.20 Å². The highest BCUT2D eigenvalue weighted by molar-refractivity contribution is 9.10. The summed E-state index contributed by atoms with van der Waals surface area (Å²) >= 11 is 3.43. The molecule has 1 aliphatic rings. The van der Waals surface area contributed by atoms with E-state index in [4.69, 9.17) is 0 Å². The van der Waals surface area contributed by atoms with Crippen molar-refractivity contribution in [3.8, 4) is 0 Å². The van der Waals surface area contributed by atoms with Crippen molar-refractivity contribution in [2.75, 3.05) is 6.54 Å². The Labute approximate surface area is 176 Å². The predicted molar refractivity (Wildman–Crippen MR) is 120 cm³/mol. The number of aliphatic hydroxyl groups is 1. The van der Waals surface area contributed by atoms with Gasteiger partial charge in [0.15, 0.2) is 0 Å². The fraction of sp³-hybridized carbons (Fsp3) is 0.391. The van der Waals surface area contributed by atoms with Crippen molar-refractivity contribution >= 4 is 22.1 Å². The Hall–Kier alpha value is -1.82. The van der Waals surface area contributed by atoms with Gasteiger partial charge in [0.1, 0.15) is 6.23 Å². The molecule has 0 bridgehead atoms. The van der Waals surface area contributed by atoms with Gasteiger partial charge in [0, 0.05) is 29.1 Å². The average Bonchev–Trinajstić information content (AvgIpc) is 3.16. The van der Waals surface area contributed by atoms with Crippen LogP contribution in [-0.4, -0.2) is 16.2 Å². The largest absolute Gasteiger partial charge is 0.380 e.